The molecule has 42 heavy (non-hydrogen) atoms. The molecule has 6 atom stereocenters. The van der Waals surface area contributed by atoms with Gasteiger partial charge in [-0.15, -0.1) is 11.3 Å². The number of oxime groups is 1. The molecule has 0 N–H and O–H groups in total. The molecule has 212 valence electrons. The van der Waals surface area contributed by atoms with Crippen LogP contribution in [0.2, 0.25) is 0 Å². The highest BCUT2D eigenvalue weighted by Crippen LogP contribution is 2.62. The van der Waals surface area contributed by atoms with Gasteiger partial charge in [0, 0.05) is 22.3 Å². The minimum atomic E-state index is -0.424. The first-order valence-corrected chi connectivity index (χ1v) is 15.4. The zero-order chi connectivity index (χ0) is 28.5. The molecule has 2 aliphatic heterocycles. The summed E-state index contributed by atoms with van der Waals surface area (Å²) in [7, 11) is 1.61. The van der Waals surface area contributed by atoms with Crippen molar-refractivity contribution in [3.63, 3.8) is 0 Å². The van der Waals surface area contributed by atoms with E-state index in [9.17, 15) is 14.9 Å². The predicted molar refractivity (Wildman–Crippen MR) is 155 cm³/mol. The number of benzene rings is 2. The second kappa shape index (κ2) is 9.70. The molecule has 2 amide bonds. The fraction of sp³-hybridized carbons (Fsp3) is 0.394. The molecule has 3 fully saturated rings. The monoisotopic (exact) mass is 579 g/mol. The number of anilines is 1. The second-order valence-corrected chi connectivity index (χ2v) is 12.9. The maximum atomic E-state index is 14.0. The number of carbonyl (C=O) groups is 2. The van der Waals surface area contributed by atoms with Crippen LogP contribution in [-0.4, -0.2) is 30.7 Å². The quantitative estimate of drug-likeness (QED) is 0.369. The standard InChI is InChI=1S/C33H29N3O5S/c1-39-24-13-18(11-12-23(24)40-16-17-7-3-2-4-8-17)29-28-20-14-21(30(28)41-35-29)27-26(20)31(37)36(32(27)38)33-22(15-34)19-9-5-6-10-25(19)42-33/h2-4,7-8,11-13,20-21,26-28,30H,5-6,9-10,14,16H2,1H3/t20-,21-,26-,27-,28-,30-/m1/s1. The third-order valence-electron chi connectivity index (χ3n) is 9.85. The van der Waals surface area contributed by atoms with Gasteiger partial charge >= 0.3 is 0 Å². The number of hydrogen-bond donors (Lipinski definition) is 0. The van der Waals surface area contributed by atoms with Gasteiger partial charge in [-0.3, -0.25) is 9.59 Å². The van der Waals surface area contributed by atoms with Crippen LogP contribution in [-0.2, 0) is 33.9 Å². The maximum Gasteiger partial charge on any atom is 0.238 e. The van der Waals surface area contributed by atoms with Crippen molar-refractivity contribution in [3.8, 4) is 17.6 Å². The number of amides is 2. The first-order valence-electron chi connectivity index (χ1n) is 14.6. The van der Waals surface area contributed by atoms with E-state index >= 15 is 0 Å². The molecule has 2 aromatic carbocycles. The van der Waals surface area contributed by atoms with E-state index in [4.69, 9.17) is 14.3 Å². The molecule has 0 unspecified atom stereocenters. The molecule has 1 aromatic heterocycles. The van der Waals surface area contributed by atoms with Gasteiger partial charge in [0.15, 0.2) is 11.5 Å². The lowest BCUT2D eigenvalue weighted by molar-refractivity contribution is -0.125. The Morgan fingerprint density at radius 1 is 1.02 bits per heavy atom. The number of hydrogen-bond acceptors (Lipinski definition) is 8. The van der Waals surface area contributed by atoms with Gasteiger partial charge in [0.2, 0.25) is 11.8 Å². The van der Waals surface area contributed by atoms with Crippen LogP contribution < -0.4 is 14.4 Å². The minimum Gasteiger partial charge on any atom is -0.493 e. The summed E-state index contributed by atoms with van der Waals surface area (Å²) in [6, 6.07) is 18.0. The Bertz CT molecular complexity index is 1690. The van der Waals surface area contributed by atoms with Gasteiger partial charge in [-0.1, -0.05) is 35.5 Å². The van der Waals surface area contributed by atoms with Crippen molar-refractivity contribution in [3.05, 3.63) is 75.7 Å². The normalized spacial score (nSPS) is 28.6. The van der Waals surface area contributed by atoms with Crippen molar-refractivity contribution in [2.24, 2.45) is 34.7 Å². The van der Waals surface area contributed by atoms with Crippen LogP contribution in [0.3, 0.4) is 0 Å². The van der Waals surface area contributed by atoms with Crippen LogP contribution >= 0.6 is 11.3 Å². The van der Waals surface area contributed by atoms with Crippen LogP contribution in [0, 0.1) is 40.9 Å². The molecule has 0 radical (unpaired) electrons. The number of fused-ring (bicyclic) bond motifs is 9. The number of methoxy groups -OCH3 is 1. The summed E-state index contributed by atoms with van der Waals surface area (Å²) in [6.45, 7) is 0.422. The Hall–Kier alpha value is -4.16. The summed E-state index contributed by atoms with van der Waals surface area (Å²) in [6.07, 6.45) is 4.36. The fourth-order valence-electron chi connectivity index (χ4n) is 8.07. The van der Waals surface area contributed by atoms with Gasteiger partial charge in [-0.25, -0.2) is 4.90 Å². The first-order chi connectivity index (χ1) is 20.6. The SMILES string of the molecule is COc1cc(C2=NO[C@@H]3[C@@H]4C[C@H]([C@H]5C(=O)N(c6sc7c(c6C#N)CCCC7)C(=O)[C@H]45)[C@H]23)ccc1OCc1ccccc1. The van der Waals surface area contributed by atoms with Crippen molar-refractivity contribution >= 4 is 33.9 Å². The molecule has 8 nitrogen and oxygen atoms in total. The molecule has 3 heterocycles. The number of nitrogens with zero attached hydrogens (tertiary/aromatic N) is 3. The fourth-order valence-corrected chi connectivity index (χ4v) is 9.42. The van der Waals surface area contributed by atoms with Gasteiger partial charge in [-0.2, -0.15) is 5.26 Å². The smallest absolute Gasteiger partial charge is 0.238 e. The molecule has 5 aliphatic rings. The molecule has 2 saturated carbocycles. The molecule has 3 aromatic rings. The summed E-state index contributed by atoms with van der Waals surface area (Å²) >= 11 is 1.46. The Kier molecular flexibility index (Phi) is 5.90. The van der Waals surface area contributed by atoms with E-state index in [1.54, 1.807) is 7.11 Å². The second-order valence-electron chi connectivity index (χ2n) is 11.8. The number of nitriles is 1. The minimum absolute atomic E-state index is 0.0483. The first kappa shape index (κ1) is 25.5. The highest BCUT2D eigenvalue weighted by Gasteiger charge is 2.70. The number of ether oxygens (including phenoxy) is 2. The van der Waals surface area contributed by atoms with Gasteiger partial charge in [0.25, 0.3) is 0 Å². The molecule has 8 rings (SSSR count). The van der Waals surface area contributed by atoms with Crippen molar-refractivity contribution in [1.82, 2.24) is 0 Å². The third-order valence-corrected chi connectivity index (χ3v) is 11.1. The van der Waals surface area contributed by atoms with E-state index in [1.165, 1.54) is 16.2 Å². The largest absolute Gasteiger partial charge is 0.493 e. The van der Waals surface area contributed by atoms with Gasteiger partial charge in [0.1, 0.15) is 23.8 Å². The molecule has 0 spiro atoms. The van der Waals surface area contributed by atoms with Crippen LogP contribution in [0.25, 0.3) is 0 Å². The Labute approximate surface area is 247 Å². The van der Waals surface area contributed by atoms with Crippen LogP contribution in [0.4, 0.5) is 5.00 Å². The highest BCUT2D eigenvalue weighted by molar-refractivity contribution is 7.17. The topological polar surface area (TPSA) is 101 Å². The van der Waals surface area contributed by atoms with Gasteiger partial charge in [-0.05, 0) is 67.3 Å². The van der Waals surface area contributed by atoms with E-state index in [0.29, 0.717) is 28.7 Å². The summed E-state index contributed by atoms with van der Waals surface area (Å²) in [5, 5.41) is 15.0. The molecule has 1 saturated heterocycles. The highest BCUT2D eigenvalue weighted by atomic mass is 32.1. The zero-order valence-corrected chi connectivity index (χ0v) is 23.9. The Morgan fingerprint density at radius 3 is 2.60 bits per heavy atom. The molecular weight excluding hydrogens is 550 g/mol. The van der Waals surface area contributed by atoms with Crippen molar-refractivity contribution in [2.45, 2.75) is 44.8 Å². The van der Waals surface area contributed by atoms with Crippen LogP contribution in [0.15, 0.2) is 53.7 Å². The van der Waals surface area contributed by atoms with Gasteiger partial charge in [0.05, 0.1) is 30.2 Å². The molecule has 3 aliphatic carbocycles. The van der Waals surface area contributed by atoms with Gasteiger partial charge < -0.3 is 14.3 Å². The average molecular weight is 580 g/mol. The molecular formula is C33H29N3O5S. The predicted octanol–water partition coefficient (Wildman–Crippen LogP) is 5.26. The van der Waals surface area contributed by atoms with E-state index in [0.717, 1.165) is 59.4 Å². The summed E-state index contributed by atoms with van der Waals surface area (Å²) in [4.78, 5) is 36.4. The lowest BCUT2D eigenvalue weighted by Crippen LogP contribution is -2.41. The number of imide groups is 1. The summed E-state index contributed by atoms with van der Waals surface area (Å²) < 4.78 is 11.7. The molecule has 2 bridgehead atoms. The number of carbonyl (C=O) groups excluding carboxylic acids is 2. The zero-order valence-electron chi connectivity index (χ0n) is 23.1. The Balaban J connectivity index is 1.07. The van der Waals surface area contributed by atoms with Crippen LogP contribution in [0.5, 0.6) is 11.5 Å². The summed E-state index contributed by atoms with van der Waals surface area (Å²) in [5.74, 6) is -0.169. The lowest BCUT2D eigenvalue weighted by atomic mass is 9.71. The van der Waals surface area contributed by atoms with E-state index in [1.807, 2.05) is 48.5 Å². The van der Waals surface area contributed by atoms with Crippen LogP contribution in [0.1, 0.15) is 46.4 Å². The number of aryl methyl sites for hydroxylation is 1. The lowest BCUT2D eigenvalue weighted by Gasteiger charge is -2.29. The van der Waals surface area contributed by atoms with Crippen molar-refractivity contribution in [2.75, 3.05) is 12.0 Å². The third kappa shape index (κ3) is 3.61. The van der Waals surface area contributed by atoms with Crippen molar-refractivity contribution in [1.29, 1.82) is 5.26 Å². The summed E-state index contributed by atoms with van der Waals surface area (Å²) in [5.41, 5.74) is 4.27. The Morgan fingerprint density at radius 2 is 1.81 bits per heavy atom. The maximum absolute atomic E-state index is 14.0. The average Bonchev–Trinajstić information content (AvgIpc) is 3.82. The van der Waals surface area contributed by atoms with Crippen molar-refractivity contribution < 1.29 is 23.9 Å². The van der Waals surface area contributed by atoms with E-state index in [-0.39, 0.29) is 35.7 Å². The van der Waals surface area contributed by atoms with E-state index in [2.05, 4.69) is 11.2 Å². The number of thiophene rings is 1. The molecule has 9 heteroatoms. The number of rotatable bonds is 6. The van der Waals surface area contributed by atoms with E-state index < -0.39 is 11.8 Å².